The minimum atomic E-state index is -4.47. The number of ether oxygens (including phenoxy) is 1. The Balaban J connectivity index is 1.74. The van der Waals surface area contributed by atoms with Crippen LogP contribution in [0, 0.1) is 6.92 Å². The first-order chi connectivity index (χ1) is 14.3. The van der Waals surface area contributed by atoms with Crippen LogP contribution < -0.4 is 10.1 Å². The molecular formula is C23H21ClF3NO2. The number of hydrogen-bond donors (Lipinski definition) is 1. The number of nitrogens with one attached hydrogen (secondary N) is 1. The fourth-order valence-electron chi connectivity index (χ4n) is 3.72. The maximum Gasteiger partial charge on any atom is 0.417 e. The highest BCUT2D eigenvalue weighted by molar-refractivity contribution is 6.31. The van der Waals surface area contributed by atoms with Crippen LogP contribution in [0.5, 0.6) is 5.75 Å². The first kappa shape index (κ1) is 20.8. The first-order valence-electron chi connectivity index (χ1n) is 9.77. The van der Waals surface area contributed by atoms with Gasteiger partial charge in [0.05, 0.1) is 11.1 Å². The van der Waals surface area contributed by atoms with Gasteiger partial charge in [-0.15, -0.1) is 0 Å². The molecule has 1 N–H and O–H groups in total. The summed E-state index contributed by atoms with van der Waals surface area (Å²) in [5, 5.41) is 3.81. The van der Waals surface area contributed by atoms with E-state index in [0.717, 1.165) is 37.6 Å². The van der Waals surface area contributed by atoms with Gasteiger partial charge in [0.1, 0.15) is 23.4 Å². The molecule has 0 aliphatic carbocycles. The topological polar surface area (TPSA) is 34.4 Å². The molecule has 158 valence electrons. The number of aryl methyl sites for hydroxylation is 1. The molecule has 3 aromatic rings. The van der Waals surface area contributed by atoms with Gasteiger partial charge >= 0.3 is 6.18 Å². The van der Waals surface area contributed by atoms with E-state index in [2.05, 4.69) is 5.32 Å². The van der Waals surface area contributed by atoms with Crippen molar-refractivity contribution >= 4 is 11.6 Å². The van der Waals surface area contributed by atoms with Crippen molar-refractivity contribution in [3.8, 4) is 28.4 Å². The van der Waals surface area contributed by atoms with Gasteiger partial charge in [0.25, 0.3) is 0 Å². The lowest BCUT2D eigenvalue weighted by Gasteiger charge is -2.26. The lowest BCUT2D eigenvalue weighted by molar-refractivity contribution is -0.137. The van der Waals surface area contributed by atoms with Gasteiger partial charge < -0.3 is 14.5 Å². The SMILES string of the molecule is Cc1cc(Cl)cc(-c2ccc(-c3ccccc3C(F)(F)F)o2)c1OC1CCNCC1. The number of alkyl halides is 3. The third-order valence-corrected chi connectivity index (χ3v) is 5.40. The van der Waals surface area contributed by atoms with Gasteiger partial charge in [-0.1, -0.05) is 29.8 Å². The quantitative estimate of drug-likeness (QED) is 0.493. The van der Waals surface area contributed by atoms with Gasteiger partial charge in [-0.25, -0.2) is 0 Å². The second-order valence-corrected chi connectivity index (χ2v) is 7.81. The molecule has 0 atom stereocenters. The summed E-state index contributed by atoms with van der Waals surface area (Å²) in [6, 6.07) is 12.1. The van der Waals surface area contributed by atoms with E-state index in [0.29, 0.717) is 22.1 Å². The summed E-state index contributed by atoms with van der Waals surface area (Å²) in [5.74, 6) is 1.20. The standard InChI is InChI=1S/C23H21ClF3NO2/c1-14-12-15(24)13-18(22(14)29-16-8-10-28-11-9-16)21-7-6-20(30-21)17-4-2-3-5-19(17)23(25,26)27/h2-7,12-13,16,28H,8-11H2,1H3. The molecule has 0 amide bonds. The monoisotopic (exact) mass is 435 g/mol. The zero-order valence-corrected chi connectivity index (χ0v) is 17.1. The molecular weight excluding hydrogens is 415 g/mol. The predicted molar refractivity (Wildman–Crippen MR) is 111 cm³/mol. The summed E-state index contributed by atoms with van der Waals surface area (Å²) in [6.45, 7) is 3.66. The summed E-state index contributed by atoms with van der Waals surface area (Å²) >= 11 is 6.27. The third kappa shape index (κ3) is 4.35. The highest BCUT2D eigenvalue weighted by atomic mass is 35.5. The van der Waals surface area contributed by atoms with Crippen molar-refractivity contribution in [1.29, 1.82) is 0 Å². The Hall–Kier alpha value is -2.44. The highest BCUT2D eigenvalue weighted by Crippen LogP contribution is 2.42. The third-order valence-electron chi connectivity index (χ3n) is 5.18. The van der Waals surface area contributed by atoms with Crippen LogP contribution in [-0.2, 0) is 6.18 Å². The van der Waals surface area contributed by atoms with Crippen molar-refractivity contribution in [3.05, 3.63) is 64.7 Å². The normalized spacial score (nSPS) is 15.4. The second-order valence-electron chi connectivity index (χ2n) is 7.37. The molecule has 7 heteroatoms. The van der Waals surface area contributed by atoms with Crippen molar-refractivity contribution in [1.82, 2.24) is 5.32 Å². The number of rotatable bonds is 4. The minimum Gasteiger partial charge on any atom is -0.489 e. The van der Waals surface area contributed by atoms with E-state index in [1.165, 1.54) is 12.1 Å². The Morgan fingerprint density at radius 1 is 1.00 bits per heavy atom. The predicted octanol–water partition coefficient (Wildman–Crippen LogP) is 6.73. The molecule has 0 spiro atoms. The van der Waals surface area contributed by atoms with Crippen LogP contribution in [0.4, 0.5) is 13.2 Å². The number of hydrogen-bond acceptors (Lipinski definition) is 3. The van der Waals surface area contributed by atoms with E-state index < -0.39 is 11.7 Å². The average Bonchev–Trinajstić information content (AvgIpc) is 3.20. The Labute approximate surface area is 177 Å². The van der Waals surface area contributed by atoms with Crippen molar-refractivity contribution in [3.63, 3.8) is 0 Å². The summed E-state index contributed by atoms with van der Waals surface area (Å²) in [5.41, 5.74) is 0.745. The van der Waals surface area contributed by atoms with Gasteiger partial charge in [0, 0.05) is 10.6 Å². The van der Waals surface area contributed by atoms with Gasteiger partial charge in [0.15, 0.2) is 0 Å². The van der Waals surface area contributed by atoms with Crippen molar-refractivity contribution in [2.45, 2.75) is 32.0 Å². The van der Waals surface area contributed by atoms with Gasteiger partial charge in [-0.2, -0.15) is 13.2 Å². The summed E-state index contributed by atoms with van der Waals surface area (Å²) < 4.78 is 52.4. The van der Waals surface area contributed by atoms with E-state index in [1.807, 2.05) is 13.0 Å². The molecule has 0 bridgehead atoms. The zero-order chi connectivity index (χ0) is 21.3. The lowest BCUT2D eigenvalue weighted by atomic mass is 10.0. The van der Waals surface area contributed by atoms with Crippen LogP contribution >= 0.6 is 11.6 Å². The highest BCUT2D eigenvalue weighted by Gasteiger charge is 2.34. The molecule has 0 unspecified atom stereocenters. The molecule has 0 saturated carbocycles. The van der Waals surface area contributed by atoms with E-state index in [9.17, 15) is 13.2 Å². The molecule has 3 nitrogen and oxygen atoms in total. The molecule has 0 radical (unpaired) electrons. The first-order valence-corrected chi connectivity index (χ1v) is 10.1. The Bertz CT molecular complexity index is 1040. The van der Waals surface area contributed by atoms with Gasteiger partial charge in [-0.3, -0.25) is 0 Å². The van der Waals surface area contributed by atoms with E-state index in [4.69, 9.17) is 20.8 Å². The average molecular weight is 436 g/mol. The molecule has 30 heavy (non-hydrogen) atoms. The second kappa shape index (κ2) is 8.36. The van der Waals surface area contributed by atoms with E-state index >= 15 is 0 Å². The Kier molecular flexibility index (Phi) is 5.80. The molecule has 1 aromatic heterocycles. The van der Waals surface area contributed by atoms with Crippen LogP contribution in [0.1, 0.15) is 24.0 Å². The maximum absolute atomic E-state index is 13.4. The summed E-state index contributed by atoms with van der Waals surface area (Å²) in [7, 11) is 0. The lowest BCUT2D eigenvalue weighted by Crippen LogP contribution is -2.34. The molecule has 2 aromatic carbocycles. The smallest absolute Gasteiger partial charge is 0.417 e. The molecule has 1 aliphatic heterocycles. The van der Waals surface area contributed by atoms with Gasteiger partial charge in [0.2, 0.25) is 0 Å². The van der Waals surface area contributed by atoms with E-state index in [-0.39, 0.29) is 17.4 Å². The van der Waals surface area contributed by atoms with Crippen LogP contribution in [-0.4, -0.2) is 19.2 Å². The van der Waals surface area contributed by atoms with Crippen LogP contribution in [0.2, 0.25) is 5.02 Å². The maximum atomic E-state index is 13.4. The molecule has 1 aliphatic rings. The molecule has 4 rings (SSSR count). The number of benzene rings is 2. The zero-order valence-electron chi connectivity index (χ0n) is 16.4. The van der Waals surface area contributed by atoms with Crippen molar-refractivity contribution in [2.24, 2.45) is 0 Å². The van der Waals surface area contributed by atoms with Crippen LogP contribution in [0.15, 0.2) is 52.9 Å². The largest absolute Gasteiger partial charge is 0.489 e. The summed E-state index contributed by atoms with van der Waals surface area (Å²) in [6.07, 6.45) is -2.65. The Morgan fingerprint density at radius 2 is 1.67 bits per heavy atom. The number of furan rings is 1. The molecule has 2 heterocycles. The summed E-state index contributed by atoms with van der Waals surface area (Å²) in [4.78, 5) is 0. The Morgan fingerprint density at radius 3 is 2.37 bits per heavy atom. The fraction of sp³-hybridized carbons (Fsp3) is 0.304. The fourth-order valence-corrected chi connectivity index (χ4v) is 3.99. The van der Waals surface area contributed by atoms with Crippen molar-refractivity contribution in [2.75, 3.05) is 13.1 Å². The number of halogens is 4. The van der Waals surface area contributed by atoms with Crippen LogP contribution in [0.3, 0.4) is 0 Å². The molecule has 1 saturated heterocycles. The van der Waals surface area contributed by atoms with Gasteiger partial charge in [-0.05, 0) is 68.8 Å². The molecule has 1 fully saturated rings. The minimum absolute atomic E-state index is 0.00387. The number of piperidine rings is 1. The van der Waals surface area contributed by atoms with Crippen LogP contribution in [0.25, 0.3) is 22.6 Å². The van der Waals surface area contributed by atoms with E-state index in [1.54, 1.807) is 24.3 Å². The van der Waals surface area contributed by atoms with Crippen molar-refractivity contribution < 1.29 is 22.3 Å².